The number of nitrogens with one attached hydrogen (secondary N) is 1. The van der Waals surface area contributed by atoms with Crippen LogP contribution < -0.4 is 10.1 Å². The second kappa shape index (κ2) is 7.12. The van der Waals surface area contributed by atoms with E-state index in [2.05, 4.69) is 20.0 Å². The number of anilines is 1. The first kappa shape index (κ1) is 16.8. The summed E-state index contributed by atoms with van der Waals surface area (Å²) in [6.45, 7) is 0. The first-order valence-corrected chi connectivity index (χ1v) is 6.72. The number of carbonyl (C=O) groups is 1. The van der Waals surface area contributed by atoms with Gasteiger partial charge in [0, 0.05) is 18.5 Å². The molecule has 124 valence electrons. The van der Waals surface area contributed by atoms with E-state index >= 15 is 0 Å². The van der Waals surface area contributed by atoms with Gasteiger partial charge >= 0.3 is 12.1 Å². The van der Waals surface area contributed by atoms with Crippen molar-refractivity contribution in [1.82, 2.24) is 10.1 Å². The lowest BCUT2D eigenvalue weighted by Gasteiger charge is -2.05. The van der Waals surface area contributed by atoms with Crippen LogP contribution in [0.15, 0.2) is 28.8 Å². The number of aryl methyl sites for hydroxylation is 1. The van der Waals surface area contributed by atoms with Gasteiger partial charge in [0.05, 0.1) is 7.11 Å². The molecule has 1 aromatic heterocycles. The van der Waals surface area contributed by atoms with Crippen LogP contribution in [-0.2, 0) is 17.4 Å². The van der Waals surface area contributed by atoms with Gasteiger partial charge in [-0.25, -0.2) is 0 Å². The molecule has 0 aliphatic heterocycles. The summed E-state index contributed by atoms with van der Waals surface area (Å²) in [5.41, 5.74) is 0.606. The molecular weight excluding hydrogens is 315 g/mol. The number of carbonyl (C=O) groups excluding carboxylic acids is 1. The van der Waals surface area contributed by atoms with E-state index in [1.165, 1.54) is 7.11 Å². The van der Waals surface area contributed by atoms with Gasteiger partial charge in [-0.1, -0.05) is 5.16 Å². The van der Waals surface area contributed by atoms with Crippen LogP contribution in [0.2, 0.25) is 0 Å². The summed E-state index contributed by atoms with van der Waals surface area (Å²) >= 11 is 0. The topological polar surface area (TPSA) is 77.2 Å². The van der Waals surface area contributed by atoms with Crippen LogP contribution in [0.3, 0.4) is 0 Å². The van der Waals surface area contributed by atoms with Crippen molar-refractivity contribution in [2.75, 3.05) is 12.4 Å². The third-order valence-electron chi connectivity index (χ3n) is 2.89. The molecule has 2 rings (SSSR count). The molecule has 1 N–H and O–H groups in total. The average molecular weight is 329 g/mol. The van der Waals surface area contributed by atoms with Crippen LogP contribution in [0.1, 0.15) is 24.6 Å². The van der Waals surface area contributed by atoms with Crippen molar-refractivity contribution in [3.8, 4) is 5.75 Å². The Morgan fingerprint density at radius 1 is 1.30 bits per heavy atom. The van der Waals surface area contributed by atoms with Gasteiger partial charge in [0.1, 0.15) is 5.75 Å². The summed E-state index contributed by atoms with van der Waals surface area (Å²) in [7, 11) is 1.54. The Balaban J connectivity index is 1.77. The van der Waals surface area contributed by atoms with Crippen LogP contribution in [-0.4, -0.2) is 23.2 Å². The SMILES string of the molecule is COc1ccc(NC(=O)CCCc2noc(C(F)(F)F)n2)cc1. The van der Waals surface area contributed by atoms with Crippen LogP contribution in [0, 0.1) is 0 Å². The second-order valence-corrected chi connectivity index (χ2v) is 4.64. The number of halogens is 3. The zero-order chi connectivity index (χ0) is 16.9. The van der Waals surface area contributed by atoms with E-state index in [0.717, 1.165) is 0 Å². The Kier molecular flexibility index (Phi) is 5.20. The summed E-state index contributed by atoms with van der Waals surface area (Å²) in [5.74, 6) is -1.04. The molecule has 0 aliphatic rings. The minimum atomic E-state index is -4.66. The van der Waals surface area contributed by atoms with E-state index in [9.17, 15) is 18.0 Å². The third kappa shape index (κ3) is 4.97. The van der Waals surface area contributed by atoms with Gasteiger partial charge in [-0.05, 0) is 30.7 Å². The largest absolute Gasteiger partial charge is 0.497 e. The van der Waals surface area contributed by atoms with Crippen LogP contribution in [0.25, 0.3) is 0 Å². The monoisotopic (exact) mass is 329 g/mol. The molecule has 9 heteroatoms. The van der Waals surface area contributed by atoms with Crippen molar-refractivity contribution in [2.24, 2.45) is 0 Å². The highest BCUT2D eigenvalue weighted by atomic mass is 19.4. The minimum absolute atomic E-state index is 0.0745. The van der Waals surface area contributed by atoms with Crippen LogP contribution in [0.5, 0.6) is 5.75 Å². The van der Waals surface area contributed by atoms with Crippen molar-refractivity contribution in [1.29, 1.82) is 0 Å². The molecule has 6 nitrogen and oxygen atoms in total. The van der Waals surface area contributed by atoms with Gasteiger partial charge < -0.3 is 14.6 Å². The number of rotatable bonds is 6. The van der Waals surface area contributed by atoms with Gasteiger partial charge in [-0.3, -0.25) is 4.79 Å². The van der Waals surface area contributed by atoms with Crippen LogP contribution >= 0.6 is 0 Å². The summed E-state index contributed by atoms with van der Waals surface area (Å²) in [6, 6.07) is 6.78. The lowest BCUT2D eigenvalue weighted by atomic mass is 10.2. The summed E-state index contributed by atoms with van der Waals surface area (Å²) in [6.07, 6.45) is -4.10. The number of hydrogen-bond acceptors (Lipinski definition) is 5. The maximum absolute atomic E-state index is 12.3. The van der Waals surface area contributed by atoms with E-state index < -0.39 is 12.1 Å². The Hall–Kier alpha value is -2.58. The van der Waals surface area contributed by atoms with E-state index in [-0.39, 0.29) is 24.6 Å². The molecule has 0 fully saturated rings. The first-order chi connectivity index (χ1) is 10.9. The predicted molar refractivity (Wildman–Crippen MR) is 73.9 cm³/mol. The van der Waals surface area contributed by atoms with Gasteiger partial charge in [-0.15, -0.1) is 0 Å². The lowest BCUT2D eigenvalue weighted by molar-refractivity contribution is -0.159. The molecule has 0 unspecified atom stereocenters. The summed E-state index contributed by atoms with van der Waals surface area (Å²) in [4.78, 5) is 15.0. The maximum atomic E-state index is 12.3. The van der Waals surface area contributed by atoms with E-state index in [4.69, 9.17) is 4.74 Å². The molecular formula is C14H14F3N3O3. The minimum Gasteiger partial charge on any atom is -0.497 e. The van der Waals surface area contributed by atoms with Crippen molar-refractivity contribution in [3.05, 3.63) is 36.0 Å². The molecule has 2 aromatic rings. The highest BCUT2D eigenvalue weighted by Gasteiger charge is 2.38. The molecule has 0 bridgehead atoms. The molecule has 1 aromatic carbocycles. The highest BCUT2D eigenvalue weighted by Crippen LogP contribution is 2.27. The predicted octanol–water partition coefficient (Wildman–Crippen LogP) is 3.06. The molecule has 0 aliphatic carbocycles. The fourth-order valence-corrected chi connectivity index (χ4v) is 1.78. The zero-order valence-corrected chi connectivity index (χ0v) is 12.2. The Morgan fingerprint density at radius 3 is 2.57 bits per heavy atom. The lowest BCUT2D eigenvalue weighted by Crippen LogP contribution is -2.11. The van der Waals surface area contributed by atoms with Gasteiger partial charge in [0.25, 0.3) is 0 Å². The fraction of sp³-hybridized carbons (Fsp3) is 0.357. The van der Waals surface area contributed by atoms with Crippen molar-refractivity contribution < 1.29 is 27.2 Å². The van der Waals surface area contributed by atoms with Gasteiger partial charge in [0.15, 0.2) is 5.82 Å². The second-order valence-electron chi connectivity index (χ2n) is 4.64. The number of benzene rings is 1. The third-order valence-corrected chi connectivity index (χ3v) is 2.89. The van der Waals surface area contributed by atoms with Gasteiger partial charge in [0.2, 0.25) is 5.91 Å². The molecule has 0 radical (unpaired) electrons. The van der Waals surface area contributed by atoms with Crippen LogP contribution in [0.4, 0.5) is 18.9 Å². The first-order valence-electron chi connectivity index (χ1n) is 6.72. The van der Waals surface area contributed by atoms with E-state index in [1.807, 2.05) is 0 Å². The molecule has 1 amide bonds. The molecule has 23 heavy (non-hydrogen) atoms. The van der Waals surface area contributed by atoms with E-state index in [0.29, 0.717) is 17.9 Å². The van der Waals surface area contributed by atoms with Crippen molar-refractivity contribution >= 4 is 11.6 Å². The van der Waals surface area contributed by atoms with Crippen molar-refractivity contribution in [2.45, 2.75) is 25.4 Å². The number of alkyl halides is 3. The number of methoxy groups -OCH3 is 1. The summed E-state index contributed by atoms with van der Waals surface area (Å²) < 4.78 is 45.9. The van der Waals surface area contributed by atoms with E-state index in [1.54, 1.807) is 24.3 Å². The number of aromatic nitrogens is 2. The van der Waals surface area contributed by atoms with Gasteiger partial charge in [-0.2, -0.15) is 18.2 Å². The number of amides is 1. The number of nitrogens with zero attached hydrogens (tertiary/aromatic N) is 2. The molecule has 1 heterocycles. The average Bonchev–Trinajstić information content (AvgIpc) is 2.97. The molecule has 0 spiro atoms. The summed E-state index contributed by atoms with van der Waals surface area (Å²) in [5, 5.41) is 5.90. The Labute approximate surface area is 129 Å². The highest BCUT2D eigenvalue weighted by molar-refractivity contribution is 5.90. The standard InChI is InChI=1S/C14H14F3N3O3/c1-22-10-7-5-9(6-8-10)18-12(21)4-2-3-11-19-13(23-20-11)14(15,16)17/h5-8H,2-4H2,1H3,(H,18,21). The maximum Gasteiger partial charge on any atom is 0.471 e. The normalized spacial score (nSPS) is 11.3. The Bertz CT molecular complexity index is 653. The number of hydrogen-bond donors (Lipinski definition) is 1. The van der Waals surface area contributed by atoms with Crippen molar-refractivity contribution in [3.63, 3.8) is 0 Å². The molecule has 0 saturated carbocycles. The fourth-order valence-electron chi connectivity index (χ4n) is 1.78. The smallest absolute Gasteiger partial charge is 0.471 e. The number of ether oxygens (including phenoxy) is 1. The molecule has 0 atom stereocenters. The molecule has 0 saturated heterocycles. The quantitative estimate of drug-likeness (QED) is 0.881. The Morgan fingerprint density at radius 2 is 2.00 bits per heavy atom. The zero-order valence-electron chi connectivity index (χ0n) is 12.2.